The molecule has 0 spiro atoms. The van der Waals surface area contributed by atoms with Gasteiger partial charge in [-0.3, -0.25) is 5.01 Å². The smallest absolute Gasteiger partial charge is 0.359 e. The van der Waals surface area contributed by atoms with Gasteiger partial charge in [0.2, 0.25) is 0 Å². The molecule has 2 aromatic rings. The van der Waals surface area contributed by atoms with Gasteiger partial charge in [0, 0.05) is 44.6 Å². The van der Waals surface area contributed by atoms with Gasteiger partial charge in [-0.15, -0.1) is 0 Å². The summed E-state index contributed by atoms with van der Waals surface area (Å²) >= 11 is 0. The van der Waals surface area contributed by atoms with Gasteiger partial charge < -0.3 is 15.0 Å². The predicted molar refractivity (Wildman–Crippen MR) is 130 cm³/mol. The first-order valence-corrected chi connectivity index (χ1v) is 10.3. The van der Waals surface area contributed by atoms with E-state index < -0.39 is 5.97 Å². The molecule has 6 nitrogen and oxygen atoms in total. The molecule has 0 radical (unpaired) electrons. The number of anilines is 3. The lowest BCUT2D eigenvalue weighted by atomic mass is 10.0. The van der Waals surface area contributed by atoms with Crippen molar-refractivity contribution in [3.8, 4) is 0 Å². The molecule has 1 N–H and O–H groups in total. The van der Waals surface area contributed by atoms with E-state index in [4.69, 9.17) is 4.74 Å². The number of esters is 1. The highest BCUT2D eigenvalue weighted by Gasteiger charge is 2.18. The molecule has 162 valence electrons. The number of fused-ring (bicyclic) bond motifs is 1. The first kappa shape index (κ1) is 22.2. The van der Waals surface area contributed by atoms with Crippen LogP contribution in [0.2, 0.25) is 0 Å². The molecule has 0 aromatic heterocycles. The van der Waals surface area contributed by atoms with E-state index in [1.807, 2.05) is 50.5 Å². The van der Waals surface area contributed by atoms with Crippen LogP contribution in [0.25, 0.3) is 6.08 Å². The Balaban J connectivity index is 1.87. The van der Waals surface area contributed by atoms with Gasteiger partial charge in [-0.2, -0.15) is 5.10 Å². The average molecular weight is 419 g/mol. The molecule has 0 fully saturated rings. The van der Waals surface area contributed by atoms with Crippen molar-refractivity contribution in [3.63, 3.8) is 0 Å². The van der Waals surface area contributed by atoms with Crippen molar-refractivity contribution >= 4 is 34.8 Å². The number of benzene rings is 2. The number of hydrogen-bond acceptors (Lipinski definition) is 6. The second kappa shape index (κ2) is 9.98. The van der Waals surface area contributed by atoms with E-state index in [2.05, 4.69) is 41.1 Å². The molecule has 0 bridgehead atoms. The van der Waals surface area contributed by atoms with Crippen molar-refractivity contribution in [2.45, 2.75) is 12.8 Å². The van der Waals surface area contributed by atoms with Crippen molar-refractivity contribution in [3.05, 3.63) is 71.8 Å². The molecule has 2 aromatic carbocycles. The van der Waals surface area contributed by atoms with E-state index >= 15 is 0 Å². The van der Waals surface area contributed by atoms with Gasteiger partial charge in [0.1, 0.15) is 0 Å². The number of ether oxygens (including phenoxy) is 1. The van der Waals surface area contributed by atoms with Gasteiger partial charge in [-0.05, 0) is 48.2 Å². The Morgan fingerprint density at radius 1 is 1.29 bits per heavy atom. The lowest BCUT2D eigenvalue weighted by Gasteiger charge is -2.28. The first-order valence-electron chi connectivity index (χ1n) is 10.3. The van der Waals surface area contributed by atoms with E-state index in [9.17, 15) is 4.79 Å². The van der Waals surface area contributed by atoms with Crippen LogP contribution in [0.5, 0.6) is 0 Å². The number of aryl methyl sites for hydroxylation is 1. The van der Waals surface area contributed by atoms with E-state index in [-0.39, 0.29) is 5.71 Å². The minimum Gasteiger partial charge on any atom is -0.464 e. The molecular weight excluding hydrogens is 388 g/mol. The molecule has 0 amide bonds. The molecule has 0 unspecified atom stereocenters. The zero-order chi connectivity index (χ0) is 22.4. The van der Waals surface area contributed by atoms with E-state index in [0.29, 0.717) is 5.57 Å². The summed E-state index contributed by atoms with van der Waals surface area (Å²) in [5.74, 6) is -0.527. The van der Waals surface area contributed by atoms with E-state index in [1.165, 1.54) is 18.4 Å². The summed E-state index contributed by atoms with van der Waals surface area (Å²) in [5, 5.41) is 9.38. The fraction of sp³-hybridized carbons (Fsp3) is 0.280. The zero-order valence-electron chi connectivity index (χ0n) is 18.7. The summed E-state index contributed by atoms with van der Waals surface area (Å²) < 4.78 is 4.96. The number of methoxy groups -OCH3 is 1. The number of hydrogen-bond donors (Lipinski definition) is 1. The van der Waals surface area contributed by atoms with Crippen LogP contribution in [-0.4, -0.2) is 46.5 Å². The molecule has 1 aliphatic rings. The minimum absolute atomic E-state index is 0.165. The summed E-state index contributed by atoms with van der Waals surface area (Å²) in [4.78, 5) is 14.7. The third-order valence-electron chi connectivity index (χ3n) is 5.41. The van der Waals surface area contributed by atoms with Gasteiger partial charge in [-0.1, -0.05) is 36.9 Å². The SMILES string of the molecule is C=C(/C=C\c1ccccc1NC)/C(=N/N(C)c1ccc2c(c1)CCCN2C)C(=O)OC. The Morgan fingerprint density at radius 3 is 2.81 bits per heavy atom. The molecule has 1 heterocycles. The number of carbonyl (C=O) groups is 1. The van der Waals surface area contributed by atoms with Crippen molar-refractivity contribution < 1.29 is 9.53 Å². The molecule has 0 aliphatic carbocycles. The lowest BCUT2D eigenvalue weighted by molar-refractivity contribution is -0.132. The van der Waals surface area contributed by atoms with Crippen molar-refractivity contribution in [2.24, 2.45) is 5.10 Å². The maximum absolute atomic E-state index is 12.4. The average Bonchev–Trinajstić information content (AvgIpc) is 2.80. The van der Waals surface area contributed by atoms with Crippen molar-refractivity contribution in [1.82, 2.24) is 0 Å². The third-order valence-corrected chi connectivity index (χ3v) is 5.41. The van der Waals surface area contributed by atoms with Crippen LogP contribution in [-0.2, 0) is 16.0 Å². The summed E-state index contributed by atoms with van der Waals surface area (Å²) in [6.07, 6.45) is 5.85. The standard InChI is InChI=1S/C25H30N4O2/c1-18(12-13-19-9-6-7-11-22(19)26-2)24(25(30)31-5)27-29(4)21-14-15-23-20(17-21)10-8-16-28(23)3/h6-7,9,11-15,17,26H,1,8,10,16H2,2-5H3/b13-12-,27-24-. The maximum atomic E-state index is 12.4. The number of hydrazone groups is 1. The summed E-state index contributed by atoms with van der Waals surface area (Å²) in [7, 11) is 7.15. The zero-order valence-corrected chi connectivity index (χ0v) is 18.7. The van der Waals surface area contributed by atoms with Gasteiger partial charge in [0.15, 0.2) is 5.71 Å². The van der Waals surface area contributed by atoms with Crippen molar-refractivity contribution in [1.29, 1.82) is 0 Å². The minimum atomic E-state index is -0.527. The number of para-hydroxylation sites is 1. The molecule has 0 saturated heterocycles. The van der Waals surface area contributed by atoms with Crippen LogP contribution < -0.4 is 15.2 Å². The predicted octanol–water partition coefficient (Wildman–Crippen LogP) is 4.35. The Hall–Kier alpha value is -3.54. The topological polar surface area (TPSA) is 57.2 Å². The number of carbonyl (C=O) groups excluding carboxylic acids is 1. The van der Waals surface area contributed by atoms with Gasteiger partial charge >= 0.3 is 5.97 Å². The highest BCUT2D eigenvalue weighted by Crippen LogP contribution is 2.30. The second-order valence-corrected chi connectivity index (χ2v) is 7.50. The quantitative estimate of drug-likeness (QED) is 0.314. The molecular formula is C25H30N4O2. The Kier molecular flexibility index (Phi) is 7.13. The first-order chi connectivity index (χ1) is 14.9. The Labute approximate surface area is 184 Å². The van der Waals surface area contributed by atoms with Crippen LogP contribution in [0.4, 0.5) is 17.1 Å². The van der Waals surface area contributed by atoms with Crippen molar-refractivity contribution in [2.75, 3.05) is 50.0 Å². The number of allylic oxidation sites excluding steroid dienone is 1. The van der Waals surface area contributed by atoms with Crippen LogP contribution in [0, 0.1) is 0 Å². The van der Waals surface area contributed by atoms with E-state index in [0.717, 1.165) is 36.3 Å². The molecule has 1 aliphatic heterocycles. The van der Waals surface area contributed by atoms with Crippen LogP contribution in [0.3, 0.4) is 0 Å². The number of rotatable bonds is 7. The fourth-order valence-corrected chi connectivity index (χ4v) is 3.65. The largest absolute Gasteiger partial charge is 0.464 e. The van der Waals surface area contributed by atoms with E-state index in [1.54, 1.807) is 11.1 Å². The highest BCUT2D eigenvalue weighted by atomic mass is 16.5. The molecule has 0 atom stereocenters. The maximum Gasteiger partial charge on any atom is 0.359 e. The summed E-state index contributed by atoms with van der Waals surface area (Å²) in [5.41, 5.74) is 6.06. The highest BCUT2D eigenvalue weighted by molar-refractivity contribution is 6.44. The molecule has 6 heteroatoms. The molecule has 3 rings (SSSR count). The Morgan fingerprint density at radius 2 is 2.06 bits per heavy atom. The molecule has 0 saturated carbocycles. The monoisotopic (exact) mass is 418 g/mol. The van der Waals surface area contributed by atoms with Crippen LogP contribution >= 0.6 is 0 Å². The second-order valence-electron chi connectivity index (χ2n) is 7.50. The van der Waals surface area contributed by atoms with Gasteiger partial charge in [-0.25, -0.2) is 4.79 Å². The number of nitrogens with zero attached hydrogens (tertiary/aromatic N) is 3. The van der Waals surface area contributed by atoms with Gasteiger partial charge in [0.05, 0.1) is 12.8 Å². The summed E-state index contributed by atoms with van der Waals surface area (Å²) in [6, 6.07) is 14.1. The normalized spacial score (nSPS) is 13.7. The Bertz CT molecular complexity index is 1030. The molecule has 31 heavy (non-hydrogen) atoms. The van der Waals surface area contributed by atoms with Crippen LogP contribution in [0.15, 0.2) is 65.8 Å². The lowest BCUT2D eigenvalue weighted by Crippen LogP contribution is -2.25. The summed E-state index contributed by atoms with van der Waals surface area (Å²) in [6.45, 7) is 5.11. The number of nitrogens with one attached hydrogen (secondary N) is 1. The van der Waals surface area contributed by atoms with Crippen LogP contribution in [0.1, 0.15) is 17.5 Å². The van der Waals surface area contributed by atoms with Gasteiger partial charge in [0.25, 0.3) is 0 Å². The third kappa shape index (κ3) is 5.15. The fourth-order valence-electron chi connectivity index (χ4n) is 3.65.